The number of benzene rings is 3. The molecule has 0 aliphatic heterocycles. The molecular formula is C22H14BrClN2O3. The fraction of sp³-hybridized carbons (Fsp3) is 0.0455. The average molecular weight is 470 g/mol. The van der Waals surface area contributed by atoms with Crippen LogP contribution in [0.2, 0.25) is 5.02 Å². The monoisotopic (exact) mass is 468 g/mol. The predicted octanol–water partition coefficient (Wildman–Crippen LogP) is 6.65. The molecule has 0 aromatic heterocycles. The van der Waals surface area contributed by atoms with E-state index in [1.165, 1.54) is 12.1 Å². The zero-order chi connectivity index (χ0) is 20.8. The van der Waals surface area contributed by atoms with E-state index < -0.39 is 4.92 Å². The van der Waals surface area contributed by atoms with E-state index in [-0.39, 0.29) is 5.69 Å². The van der Waals surface area contributed by atoms with Gasteiger partial charge in [0.25, 0.3) is 5.69 Å². The Labute approximate surface area is 181 Å². The first-order valence-electron chi connectivity index (χ1n) is 8.49. The van der Waals surface area contributed by atoms with Gasteiger partial charge in [0.1, 0.15) is 12.4 Å². The Kier molecular flexibility index (Phi) is 6.65. The van der Waals surface area contributed by atoms with E-state index in [1.807, 2.05) is 24.3 Å². The van der Waals surface area contributed by atoms with Crippen LogP contribution in [0.4, 0.5) is 5.69 Å². The Morgan fingerprint density at radius 2 is 1.93 bits per heavy atom. The van der Waals surface area contributed by atoms with Gasteiger partial charge in [-0.2, -0.15) is 5.26 Å². The normalized spacial score (nSPS) is 11.0. The van der Waals surface area contributed by atoms with Crippen molar-refractivity contribution in [3.05, 3.63) is 103 Å². The van der Waals surface area contributed by atoms with Gasteiger partial charge in [-0.3, -0.25) is 10.1 Å². The summed E-state index contributed by atoms with van der Waals surface area (Å²) in [5.41, 5.74) is 2.51. The third-order valence-electron chi connectivity index (χ3n) is 4.06. The first-order valence-corrected chi connectivity index (χ1v) is 9.67. The molecule has 3 aromatic carbocycles. The molecule has 0 aliphatic rings. The molecule has 0 heterocycles. The van der Waals surface area contributed by atoms with E-state index in [9.17, 15) is 15.4 Å². The molecule has 0 saturated heterocycles. The predicted molar refractivity (Wildman–Crippen MR) is 117 cm³/mol. The van der Waals surface area contributed by atoms with E-state index in [2.05, 4.69) is 22.0 Å². The molecule has 5 nitrogen and oxygen atoms in total. The molecule has 3 aromatic rings. The fourth-order valence-electron chi connectivity index (χ4n) is 2.60. The van der Waals surface area contributed by atoms with Crippen molar-refractivity contribution in [2.24, 2.45) is 0 Å². The first kappa shape index (κ1) is 20.6. The van der Waals surface area contributed by atoms with E-state index in [0.717, 1.165) is 15.6 Å². The summed E-state index contributed by atoms with van der Waals surface area (Å²) in [6.07, 6.45) is 1.67. The van der Waals surface area contributed by atoms with Gasteiger partial charge in [0.15, 0.2) is 0 Å². The zero-order valence-electron chi connectivity index (χ0n) is 15.0. The number of allylic oxidation sites excluding steroid dienone is 1. The minimum Gasteiger partial charge on any atom is -0.488 e. The van der Waals surface area contributed by atoms with Gasteiger partial charge in [-0.15, -0.1) is 0 Å². The van der Waals surface area contributed by atoms with Gasteiger partial charge in [-0.25, -0.2) is 0 Å². The number of rotatable bonds is 6. The average Bonchev–Trinajstić information content (AvgIpc) is 2.72. The van der Waals surface area contributed by atoms with E-state index in [0.29, 0.717) is 28.5 Å². The lowest BCUT2D eigenvalue weighted by Gasteiger charge is -2.09. The maximum atomic E-state index is 11.0. The third-order valence-corrected chi connectivity index (χ3v) is 4.93. The summed E-state index contributed by atoms with van der Waals surface area (Å²) < 4.78 is 6.56. The van der Waals surface area contributed by atoms with Crippen molar-refractivity contribution in [2.75, 3.05) is 0 Å². The largest absolute Gasteiger partial charge is 0.488 e. The maximum absolute atomic E-state index is 11.0. The van der Waals surface area contributed by atoms with Crippen LogP contribution in [0.1, 0.15) is 16.7 Å². The van der Waals surface area contributed by atoms with Gasteiger partial charge >= 0.3 is 0 Å². The van der Waals surface area contributed by atoms with Crippen molar-refractivity contribution < 1.29 is 9.66 Å². The number of nitriles is 1. The summed E-state index contributed by atoms with van der Waals surface area (Å²) in [6.45, 7) is 0.391. The van der Waals surface area contributed by atoms with Crippen LogP contribution in [-0.2, 0) is 6.61 Å². The molecule has 0 aliphatic carbocycles. The number of nitro groups is 1. The Morgan fingerprint density at radius 1 is 1.17 bits per heavy atom. The molecule has 144 valence electrons. The van der Waals surface area contributed by atoms with Gasteiger partial charge < -0.3 is 4.74 Å². The van der Waals surface area contributed by atoms with Crippen molar-refractivity contribution in [3.63, 3.8) is 0 Å². The van der Waals surface area contributed by atoms with Crippen LogP contribution in [0, 0.1) is 21.4 Å². The van der Waals surface area contributed by atoms with Crippen molar-refractivity contribution in [3.8, 4) is 11.8 Å². The summed E-state index contributed by atoms with van der Waals surface area (Å²) >= 11 is 9.37. The van der Waals surface area contributed by atoms with Crippen LogP contribution >= 0.6 is 27.5 Å². The molecular weight excluding hydrogens is 456 g/mol. The van der Waals surface area contributed by atoms with Crippen molar-refractivity contribution in [2.45, 2.75) is 6.61 Å². The van der Waals surface area contributed by atoms with Gasteiger partial charge in [0.2, 0.25) is 0 Å². The van der Waals surface area contributed by atoms with Gasteiger partial charge in [0.05, 0.1) is 21.0 Å². The molecule has 0 spiro atoms. The van der Waals surface area contributed by atoms with Crippen LogP contribution in [-0.4, -0.2) is 4.92 Å². The lowest BCUT2D eigenvalue weighted by atomic mass is 10.0. The summed E-state index contributed by atoms with van der Waals surface area (Å²) in [5, 5.41) is 21.1. The van der Waals surface area contributed by atoms with E-state index in [1.54, 1.807) is 36.4 Å². The molecule has 0 bridgehead atoms. The second-order valence-corrected chi connectivity index (χ2v) is 7.37. The fourth-order valence-corrected chi connectivity index (χ4v) is 3.24. The second kappa shape index (κ2) is 9.37. The summed E-state index contributed by atoms with van der Waals surface area (Å²) in [4.78, 5) is 10.5. The van der Waals surface area contributed by atoms with Crippen LogP contribution < -0.4 is 4.74 Å². The highest BCUT2D eigenvalue weighted by atomic mass is 79.9. The number of halogens is 2. The van der Waals surface area contributed by atoms with Crippen LogP contribution in [0.3, 0.4) is 0 Å². The highest BCUT2D eigenvalue weighted by Gasteiger charge is 2.10. The lowest BCUT2D eigenvalue weighted by Crippen LogP contribution is -1.96. The molecule has 0 unspecified atom stereocenters. The zero-order valence-corrected chi connectivity index (χ0v) is 17.4. The van der Waals surface area contributed by atoms with Gasteiger partial charge in [-0.05, 0) is 63.0 Å². The van der Waals surface area contributed by atoms with Crippen molar-refractivity contribution >= 4 is 44.9 Å². The number of hydrogen-bond donors (Lipinski definition) is 0. The number of non-ortho nitro benzene ring substituents is 1. The first-order chi connectivity index (χ1) is 14.0. The SMILES string of the molecule is N#CC(=Cc1ccc(OCc2ccc(Cl)cc2)c(Br)c1)c1cccc([N+](=O)[O-])c1. The minimum absolute atomic E-state index is 0.0595. The van der Waals surface area contributed by atoms with Gasteiger partial charge in [0, 0.05) is 17.2 Å². The maximum Gasteiger partial charge on any atom is 0.270 e. The van der Waals surface area contributed by atoms with E-state index in [4.69, 9.17) is 16.3 Å². The number of ether oxygens (including phenoxy) is 1. The Hall–Kier alpha value is -3.14. The molecule has 0 saturated carbocycles. The van der Waals surface area contributed by atoms with Crippen LogP contribution in [0.15, 0.2) is 71.2 Å². The van der Waals surface area contributed by atoms with Crippen molar-refractivity contribution in [1.29, 1.82) is 5.26 Å². The second-order valence-electron chi connectivity index (χ2n) is 6.08. The topological polar surface area (TPSA) is 76.2 Å². The molecule has 3 rings (SSSR count). The smallest absolute Gasteiger partial charge is 0.270 e. The van der Waals surface area contributed by atoms with Crippen LogP contribution in [0.25, 0.3) is 11.6 Å². The summed E-state index contributed by atoms with van der Waals surface area (Å²) in [6, 6.07) is 20.9. The minimum atomic E-state index is -0.484. The summed E-state index contributed by atoms with van der Waals surface area (Å²) in [5.74, 6) is 0.658. The van der Waals surface area contributed by atoms with Crippen molar-refractivity contribution in [1.82, 2.24) is 0 Å². The highest BCUT2D eigenvalue weighted by molar-refractivity contribution is 9.10. The highest BCUT2D eigenvalue weighted by Crippen LogP contribution is 2.29. The van der Waals surface area contributed by atoms with Crippen LogP contribution in [0.5, 0.6) is 5.75 Å². The molecule has 29 heavy (non-hydrogen) atoms. The Morgan fingerprint density at radius 3 is 2.59 bits per heavy atom. The Balaban J connectivity index is 1.79. The van der Waals surface area contributed by atoms with Gasteiger partial charge in [-0.1, -0.05) is 41.9 Å². The molecule has 0 fully saturated rings. The molecule has 0 N–H and O–H groups in total. The lowest BCUT2D eigenvalue weighted by molar-refractivity contribution is -0.384. The molecule has 0 amide bonds. The number of hydrogen-bond acceptors (Lipinski definition) is 4. The number of nitro benzene ring substituents is 1. The molecule has 7 heteroatoms. The summed E-state index contributed by atoms with van der Waals surface area (Å²) in [7, 11) is 0. The molecule has 0 atom stereocenters. The Bertz CT molecular complexity index is 1120. The number of nitrogens with zero attached hydrogens (tertiary/aromatic N) is 2. The van der Waals surface area contributed by atoms with E-state index >= 15 is 0 Å². The standard InChI is InChI=1S/C22H14BrClN2O3/c23-21-11-16(6-9-22(21)29-14-15-4-7-19(24)8-5-15)10-18(13-25)17-2-1-3-20(12-17)26(27)28/h1-12H,14H2. The quantitative estimate of drug-likeness (QED) is 0.175. The third kappa shape index (κ3) is 5.44. The molecule has 0 radical (unpaired) electrons.